The third-order valence-electron chi connectivity index (χ3n) is 12.3. The number of hydrogen-bond donors (Lipinski definition) is 0. The van der Waals surface area contributed by atoms with Gasteiger partial charge in [-0.1, -0.05) is 265 Å². The average Bonchev–Trinajstić information content (AvgIpc) is 3.23. The number of rotatable bonds is 49. The van der Waals surface area contributed by atoms with E-state index in [9.17, 15) is 14.4 Å². The molecule has 0 aromatic rings. The third-order valence-corrected chi connectivity index (χ3v) is 12.3. The second-order valence-electron chi connectivity index (χ2n) is 19.0. The highest BCUT2D eigenvalue weighted by Crippen LogP contribution is 2.17. The van der Waals surface area contributed by atoms with Crippen LogP contribution in [0.3, 0.4) is 0 Å². The van der Waals surface area contributed by atoms with E-state index in [4.69, 9.17) is 14.2 Å². The summed E-state index contributed by atoms with van der Waals surface area (Å²) in [7, 11) is 0. The summed E-state index contributed by atoms with van der Waals surface area (Å²) in [5.74, 6) is 0.00387. The van der Waals surface area contributed by atoms with Gasteiger partial charge in [0.25, 0.3) is 0 Å². The molecule has 0 aliphatic carbocycles. The Morgan fingerprint density at radius 3 is 0.817 bits per heavy atom. The zero-order valence-corrected chi connectivity index (χ0v) is 40.9. The van der Waals surface area contributed by atoms with Crippen molar-refractivity contribution >= 4 is 17.9 Å². The Morgan fingerprint density at radius 2 is 0.550 bits per heavy atom. The quantitative estimate of drug-likeness (QED) is 0.0345. The van der Waals surface area contributed by atoms with Gasteiger partial charge in [-0.3, -0.25) is 14.4 Å². The second kappa shape index (κ2) is 48.4. The highest BCUT2D eigenvalue weighted by Gasteiger charge is 2.19. The molecule has 6 nitrogen and oxygen atoms in total. The lowest BCUT2D eigenvalue weighted by Gasteiger charge is -2.18. The summed E-state index contributed by atoms with van der Waals surface area (Å²) in [6.07, 6.45) is 50.8. The van der Waals surface area contributed by atoms with E-state index in [1.54, 1.807) is 0 Å². The molecule has 356 valence electrons. The number of ether oxygens (including phenoxy) is 3. The molecule has 0 saturated carbocycles. The van der Waals surface area contributed by atoms with E-state index in [-0.39, 0.29) is 31.1 Å². The highest BCUT2D eigenvalue weighted by atomic mass is 16.6. The van der Waals surface area contributed by atoms with Crippen LogP contribution in [0, 0.1) is 5.92 Å². The number of carbonyl (C=O) groups excluding carboxylic acids is 3. The van der Waals surface area contributed by atoms with E-state index < -0.39 is 6.10 Å². The fourth-order valence-corrected chi connectivity index (χ4v) is 8.22. The SMILES string of the molecule is CCCCCCCCCCCCCCCC(=O)OC[C@H](COC(=O)CCCCCCCCCCCCCCCCC(C)C)OC(=O)CCCCCCCCCCCCCC. The number of unbranched alkanes of at least 4 members (excludes halogenated alkanes) is 36. The molecule has 0 unspecified atom stereocenters. The monoisotopic (exact) mass is 849 g/mol. The molecular formula is C54H104O6. The van der Waals surface area contributed by atoms with Gasteiger partial charge in [-0.05, 0) is 25.2 Å². The van der Waals surface area contributed by atoms with Crippen molar-refractivity contribution in [1.82, 2.24) is 0 Å². The number of esters is 3. The smallest absolute Gasteiger partial charge is 0.306 e. The van der Waals surface area contributed by atoms with Gasteiger partial charge in [0.15, 0.2) is 6.10 Å². The summed E-state index contributed by atoms with van der Waals surface area (Å²) in [4.78, 5) is 38.0. The van der Waals surface area contributed by atoms with Gasteiger partial charge in [0.05, 0.1) is 0 Å². The van der Waals surface area contributed by atoms with E-state index in [0.29, 0.717) is 19.3 Å². The van der Waals surface area contributed by atoms with Crippen LogP contribution >= 0.6 is 0 Å². The average molecular weight is 849 g/mol. The summed E-state index contributed by atoms with van der Waals surface area (Å²) in [6.45, 7) is 9.04. The summed E-state index contributed by atoms with van der Waals surface area (Å²) in [6, 6.07) is 0. The first-order valence-electron chi connectivity index (χ1n) is 26.9. The van der Waals surface area contributed by atoms with E-state index >= 15 is 0 Å². The van der Waals surface area contributed by atoms with Crippen LogP contribution in [0.1, 0.15) is 304 Å². The van der Waals surface area contributed by atoms with Crippen LogP contribution in [0.25, 0.3) is 0 Å². The summed E-state index contributed by atoms with van der Waals surface area (Å²) in [5.41, 5.74) is 0. The first-order valence-corrected chi connectivity index (χ1v) is 26.9. The Morgan fingerprint density at radius 1 is 0.317 bits per heavy atom. The lowest BCUT2D eigenvalue weighted by atomic mass is 10.0. The Labute approximate surface area is 374 Å². The molecule has 0 rings (SSSR count). The van der Waals surface area contributed by atoms with E-state index in [0.717, 1.165) is 63.7 Å². The Balaban J connectivity index is 4.28. The van der Waals surface area contributed by atoms with Crippen molar-refractivity contribution in [3.05, 3.63) is 0 Å². The van der Waals surface area contributed by atoms with E-state index in [2.05, 4.69) is 27.7 Å². The van der Waals surface area contributed by atoms with Crippen molar-refractivity contribution < 1.29 is 28.6 Å². The van der Waals surface area contributed by atoms with Gasteiger partial charge in [0, 0.05) is 19.3 Å². The van der Waals surface area contributed by atoms with Gasteiger partial charge in [-0.2, -0.15) is 0 Å². The molecule has 0 fully saturated rings. The molecule has 0 radical (unpaired) electrons. The lowest BCUT2D eigenvalue weighted by molar-refractivity contribution is -0.167. The molecule has 0 saturated heterocycles. The number of hydrogen-bond acceptors (Lipinski definition) is 6. The predicted molar refractivity (Wildman–Crippen MR) is 257 cm³/mol. The second-order valence-corrected chi connectivity index (χ2v) is 19.0. The van der Waals surface area contributed by atoms with E-state index in [1.807, 2.05) is 0 Å². The van der Waals surface area contributed by atoms with Crippen LogP contribution in [-0.4, -0.2) is 37.2 Å². The third kappa shape index (κ3) is 47.5. The summed E-state index contributed by atoms with van der Waals surface area (Å²) in [5, 5.41) is 0. The predicted octanol–water partition coefficient (Wildman–Crippen LogP) is 17.5. The molecule has 0 heterocycles. The molecule has 0 aromatic carbocycles. The fraction of sp³-hybridized carbons (Fsp3) is 0.944. The van der Waals surface area contributed by atoms with Crippen molar-refractivity contribution in [2.24, 2.45) is 5.92 Å². The lowest BCUT2D eigenvalue weighted by Crippen LogP contribution is -2.30. The topological polar surface area (TPSA) is 78.9 Å². The fourth-order valence-electron chi connectivity index (χ4n) is 8.22. The van der Waals surface area contributed by atoms with Crippen molar-refractivity contribution in [3.63, 3.8) is 0 Å². The summed E-state index contributed by atoms with van der Waals surface area (Å²) >= 11 is 0. The maximum absolute atomic E-state index is 12.8. The van der Waals surface area contributed by atoms with Crippen LogP contribution in [0.4, 0.5) is 0 Å². The largest absolute Gasteiger partial charge is 0.462 e. The van der Waals surface area contributed by atoms with Crippen molar-refractivity contribution in [2.75, 3.05) is 13.2 Å². The molecule has 0 N–H and O–H groups in total. The van der Waals surface area contributed by atoms with E-state index in [1.165, 1.54) is 199 Å². The van der Waals surface area contributed by atoms with Gasteiger partial charge in [-0.15, -0.1) is 0 Å². The van der Waals surface area contributed by atoms with Crippen molar-refractivity contribution in [2.45, 2.75) is 310 Å². The molecule has 0 spiro atoms. The van der Waals surface area contributed by atoms with Gasteiger partial charge >= 0.3 is 17.9 Å². The van der Waals surface area contributed by atoms with Gasteiger partial charge in [0.2, 0.25) is 0 Å². The van der Waals surface area contributed by atoms with Gasteiger partial charge in [0.1, 0.15) is 13.2 Å². The van der Waals surface area contributed by atoms with Crippen LogP contribution in [0.5, 0.6) is 0 Å². The van der Waals surface area contributed by atoms with Crippen LogP contribution < -0.4 is 0 Å². The molecule has 0 aromatic heterocycles. The highest BCUT2D eigenvalue weighted by molar-refractivity contribution is 5.71. The summed E-state index contributed by atoms with van der Waals surface area (Å²) < 4.78 is 16.8. The van der Waals surface area contributed by atoms with Crippen LogP contribution in [-0.2, 0) is 28.6 Å². The number of carbonyl (C=O) groups is 3. The molecule has 0 aliphatic heterocycles. The maximum Gasteiger partial charge on any atom is 0.306 e. The van der Waals surface area contributed by atoms with Crippen molar-refractivity contribution in [3.8, 4) is 0 Å². The first kappa shape index (κ1) is 58.4. The first-order chi connectivity index (χ1) is 29.4. The standard InChI is InChI=1S/C54H104O6/c1-5-7-9-11-13-15-17-21-26-29-33-37-41-45-52(55)58-48-51(60-54(57)47-43-39-35-31-25-18-16-14-12-10-8-6-2)49-59-53(56)46-42-38-34-30-27-23-20-19-22-24-28-32-36-40-44-50(3)4/h50-51H,5-49H2,1-4H3/t51-/m1/s1. The zero-order valence-electron chi connectivity index (χ0n) is 40.9. The molecule has 0 bridgehead atoms. The molecule has 1 atom stereocenters. The minimum absolute atomic E-state index is 0.0623. The molecule has 60 heavy (non-hydrogen) atoms. The zero-order chi connectivity index (χ0) is 43.8. The van der Waals surface area contributed by atoms with Crippen LogP contribution in [0.15, 0.2) is 0 Å². The molecule has 0 amide bonds. The van der Waals surface area contributed by atoms with Crippen LogP contribution in [0.2, 0.25) is 0 Å². The minimum Gasteiger partial charge on any atom is -0.462 e. The molecule has 6 heteroatoms. The minimum atomic E-state index is -0.760. The molecular weight excluding hydrogens is 745 g/mol. The Bertz CT molecular complexity index is 903. The normalized spacial score (nSPS) is 11.9. The molecule has 0 aliphatic rings. The Hall–Kier alpha value is -1.59. The Kier molecular flexibility index (Phi) is 47.2. The van der Waals surface area contributed by atoms with Crippen molar-refractivity contribution in [1.29, 1.82) is 0 Å². The van der Waals surface area contributed by atoms with Gasteiger partial charge < -0.3 is 14.2 Å². The maximum atomic E-state index is 12.8. The van der Waals surface area contributed by atoms with Gasteiger partial charge in [-0.25, -0.2) is 0 Å².